The topological polar surface area (TPSA) is 53.0 Å². The number of piperidine rings is 1. The van der Waals surface area contributed by atoms with Crippen molar-refractivity contribution >= 4 is 5.91 Å². The van der Waals surface area contributed by atoms with Crippen molar-refractivity contribution in [3.05, 3.63) is 47.5 Å². The fraction of sp³-hybridized carbons (Fsp3) is 0.571. The number of carbonyl (C=O) groups is 1. The van der Waals surface area contributed by atoms with E-state index in [2.05, 4.69) is 24.0 Å². The van der Waals surface area contributed by atoms with E-state index in [1.165, 1.54) is 11.1 Å². The summed E-state index contributed by atoms with van der Waals surface area (Å²) in [5, 5.41) is 10.5. The number of nitrogens with zero attached hydrogens (tertiary/aromatic N) is 2. The maximum absolute atomic E-state index is 12.4. The number of aliphatic hydroxyl groups excluding tert-OH is 1. The Hall–Kier alpha value is -1.69. The summed E-state index contributed by atoms with van der Waals surface area (Å²) in [6, 6.07) is 8.33. The Kier molecular flexibility index (Phi) is 6.83. The van der Waals surface area contributed by atoms with Gasteiger partial charge in [-0.25, -0.2) is 0 Å². The van der Waals surface area contributed by atoms with Crippen LogP contribution in [0.3, 0.4) is 0 Å². The number of amides is 1. The largest absolute Gasteiger partial charge is 0.391 e. The van der Waals surface area contributed by atoms with Gasteiger partial charge in [-0.3, -0.25) is 9.69 Å². The molecule has 0 aromatic heterocycles. The zero-order valence-electron chi connectivity index (χ0n) is 15.6. The molecular weight excluding hydrogens is 328 g/mol. The van der Waals surface area contributed by atoms with Gasteiger partial charge in [-0.05, 0) is 36.8 Å². The summed E-state index contributed by atoms with van der Waals surface area (Å²) in [5.74, 6) is 0.226. The number of likely N-dealkylation sites (tertiary alicyclic amines) is 1. The number of aliphatic hydroxyl groups is 1. The molecule has 5 nitrogen and oxygen atoms in total. The highest BCUT2D eigenvalue weighted by Gasteiger charge is 2.29. The molecule has 3 rings (SSSR count). The molecule has 0 radical (unpaired) electrons. The monoisotopic (exact) mass is 358 g/mol. The van der Waals surface area contributed by atoms with Crippen molar-refractivity contribution in [2.45, 2.75) is 25.9 Å². The zero-order valence-corrected chi connectivity index (χ0v) is 15.6. The molecule has 1 aromatic carbocycles. The van der Waals surface area contributed by atoms with E-state index >= 15 is 0 Å². The van der Waals surface area contributed by atoms with Gasteiger partial charge in [-0.15, -0.1) is 0 Å². The highest BCUT2D eigenvalue weighted by atomic mass is 16.5. The van der Waals surface area contributed by atoms with E-state index in [0.717, 1.165) is 45.7 Å². The van der Waals surface area contributed by atoms with Crippen LogP contribution in [-0.2, 0) is 16.0 Å². The summed E-state index contributed by atoms with van der Waals surface area (Å²) in [6.45, 7) is 7.40. The van der Waals surface area contributed by atoms with Crippen LogP contribution in [0.5, 0.6) is 0 Å². The highest BCUT2D eigenvalue weighted by Crippen LogP contribution is 2.24. The molecule has 2 aliphatic heterocycles. The molecule has 2 fully saturated rings. The van der Waals surface area contributed by atoms with Crippen LogP contribution in [0.15, 0.2) is 36.4 Å². The Morgan fingerprint density at radius 2 is 2.04 bits per heavy atom. The number of carbonyl (C=O) groups excluding carboxylic acids is 1. The lowest BCUT2D eigenvalue weighted by Gasteiger charge is -2.35. The standard InChI is InChI=1S/C21H30N2O3/c1-17-5-2-3-6-18(17)15-19-8-10-23(16-20(19)24)21(25)7-4-9-22-11-13-26-14-12-22/h2-7,19-20,24H,8-16H2,1H3/b7-4+/t19-,20+/m1/s1. The van der Waals surface area contributed by atoms with E-state index in [4.69, 9.17) is 4.74 Å². The van der Waals surface area contributed by atoms with E-state index in [-0.39, 0.29) is 11.8 Å². The van der Waals surface area contributed by atoms with Gasteiger partial charge in [0.1, 0.15) is 0 Å². The van der Waals surface area contributed by atoms with Crippen molar-refractivity contribution in [2.24, 2.45) is 5.92 Å². The molecule has 0 bridgehead atoms. The van der Waals surface area contributed by atoms with E-state index in [1.54, 1.807) is 11.0 Å². The Labute approximate surface area is 156 Å². The lowest BCUT2D eigenvalue weighted by Crippen LogP contribution is -2.46. The molecule has 5 heteroatoms. The summed E-state index contributed by atoms with van der Waals surface area (Å²) < 4.78 is 5.33. The average Bonchev–Trinajstić information content (AvgIpc) is 2.66. The highest BCUT2D eigenvalue weighted by molar-refractivity contribution is 5.87. The van der Waals surface area contributed by atoms with Crippen LogP contribution in [0.1, 0.15) is 17.5 Å². The molecule has 26 heavy (non-hydrogen) atoms. The Morgan fingerprint density at radius 3 is 2.77 bits per heavy atom. The zero-order chi connectivity index (χ0) is 18.4. The summed E-state index contributed by atoms with van der Waals surface area (Å²) in [6.07, 6.45) is 4.85. The second-order valence-electron chi connectivity index (χ2n) is 7.35. The van der Waals surface area contributed by atoms with Gasteiger partial charge >= 0.3 is 0 Å². The second kappa shape index (κ2) is 9.31. The van der Waals surface area contributed by atoms with Crippen LogP contribution in [-0.4, -0.2) is 72.9 Å². The van der Waals surface area contributed by atoms with Crippen molar-refractivity contribution in [2.75, 3.05) is 45.9 Å². The maximum Gasteiger partial charge on any atom is 0.246 e. The molecule has 0 saturated carbocycles. The first-order chi connectivity index (χ1) is 12.6. The van der Waals surface area contributed by atoms with Gasteiger partial charge in [-0.1, -0.05) is 30.3 Å². The molecule has 2 heterocycles. The van der Waals surface area contributed by atoms with Gasteiger partial charge in [0.15, 0.2) is 0 Å². The molecule has 0 spiro atoms. The van der Waals surface area contributed by atoms with E-state index < -0.39 is 6.10 Å². The van der Waals surface area contributed by atoms with Gasteiger partial charge in [0.25, 0.3) is 0 Å². The Morgan fingerprint density at radius 1 is 1.27 bits per heavy atom. The summed E-state index contributed by atoms with van der Waals surface area (Å²) in [4.78, 5) is 16.4. The first-order valence-corrected chi connectivity index (χ1v) is 9.61. The fourth-order valence-corrected chi connectivity index (χ4v) is 3.73. The number of hydrogen-bond donors (Lipinski definition) is 1. The number of morpholine rings is 1. The number of aryl methyl sites for hydroxylation is 1. The predicted octanol–water partition coefficient (Wildman–Crippen LogP) is 1.64. The molecule has 142 valence electrons. The third-order valence-electron chi connectivity index (χ3n) is 5.50. The normalized spacial score (nSPS) is 24.9. The maximum atomic E-state index is 12.4. The number of ether oxygens (including phenoxy) is 1. The number of β-amino-alcohol motifs (C(OH)–C–C–N with tert-alkyl or cyclic N) is 1. The van der Waals surface area contributed by atoms with Crippen molar-refractivity contribution < 1.29 is 14.6 Å². The van der Waals surface area contributed by atoms with Crippen LogP contribution in [0.25, 0.3) is 0 Å². The molecule has 2 atom stereocenters. The minimum absolute atomic E-state index is 0.00616. The summed E-state index contributed by atoms with van der Waals surface area (Å²) in [5.41, 5.74) is 2.56. The van der Waals surface area contributed by atoms with Gasteiger partial charge in [0.05, 0.1) is 19.3 Å². The quantitative estimate of drug-likeness (QED) is 0.813. The molecule has 1 amide bonds. The number of hydrogen-bond acceptors (Lipinski definition) is 4. The predicted molar refractivity (Wildman–Crippen MR) is 102 cm³/mol. The molecule has 1 N–H and O–H groups in total. The Balaban J connectivity index is 1.46. The minimum Gasteiger partial charge on any atom is -0.391 e. The average molecular weight is 358 g/mol. The Bertz CT molecular complexity index is 625. The van der Waals surface area contributed by atoms with Crippen molar-refractivity contribution in [3.63, 3.8) is 0 Å². The lowest BCUT2D eigenvalue weighted by molar-refractivity contribution is -0.130. The molecular formula is C21H30N2O3. The second-order valence-corrected chi connectivity index (χ2v) is 7.35. The van der Waals surface area contributed by atoms with Gasteiger partial charge in [-0.2, -0.15) is 0 Å². The van der Waals surface area contributed by atoms with Crippen LogP contribution >= 0.6 is 0 Å². The van der Waals surface area contributed by atoms with Crippen LogP contribution in [0, 0.1) is 12.8 Å². The summed E-state index contributed by atoms with van der Waals surface area (Å²) in [7, 11) is 0. The smallest absolute Gasteiger partial charge is 0.246 e. The van der Waals surface area contributed by atoms with Crippen molar-refractivity contribution in [1.82, 2.24) is 9.80 Å². The van der Waals surface area contributed by atoms with E-state index in [1.807, 2.05) is 18.2 Å². The van der Waals surface area contributed by atoms with Gasteiger partial charge < -0.3 is 14.7 Å². The van der Waals surface area contributed by atoms with Crippen LogP contribution < -0.4 is 0 Å². The van der Waals surface area contributed by atoms with E-state index in [9.17, 15) is 9.90 Å². The first-order valence-electron chi connectivity index (χ1n) is 9.61. The SMILES string of the molecule is Cc1ccccc1C[C@H]1CCN(C(=O)/C=C/CN2CCOCC2)C[C@@H]1O. The van der Waals surface area contributed by atoms with Crippen LogP contribution in [0.4, 0.5) is 0 Å². The molecule has 2 aliphatic rings. The number of benzene rings is 1. The third kappa shape index (κ3) is 5.16. The minimum atomic E-state index is -0.458. The molecule has 0 unspecified atom stereocenters. The first kappa shape index (κ1) is 19.1. The molecule has 1 aromatic rings. The van der Waals surface area contributed by atoms with Crippen LogP contribution in [0.2, 0.25) is 0 Å². The van der Waals surface area contributed by atoms with Crippen molar-refractivity contribution in [1.29, 1.82) is 0 Å². The summed E-state index contributed by atoms with van der Waals surface area (Å²) >= 11 is 0. The lowest BCUT2D eigenvalue weighted by atomic mass is 9.86. The van der Waals surface area contributed by atoms with Gasteiger partial charge in [0, 0.05) is 38.8 Å². The number of rotatable bonds is 5. The third-order valence-corrected chi connectivity index (χ3v) is 5.50. The van der Waals surface area contributed by atoms with Gasteiger partial charge in [0.2, 0.25) is 5.91 Å². The van der Waals surface area contributed by atoms with E-state index in [0.29, 0.717) is 13.1 Å². The van der Waals surface area contributed by atoms with Crippen molar-refractivity contribution in [3.8, 4) is 0 Å². The molecule has 2 saturated heterocycles. The fourth-order valence-electron chi connectivity index (χ4n) is 3.73. The molecule has 0 aliphatic carbocycles.